The van der Waals surface area contributed by atoms with Crippen LogP contribution in [0, 0.1) is 0 Å². The molecule has 4 rings (SSSR count). The minimum absolute atomic E-state index is 0. The third kappa shape index (κ3) is 3.00. The van der Waals surface area contributed by atoms with Crippen molar-refractivity contribution in [1.82, 2.24) is 14.7 Å². The monoisotopic (exact) mass is 423 g/mol. The van der Waals surface area contributed by atoms with Gasteiger partial charge in [-0.15, -0.1) is 12.4 Å². The molecule has 0 saturated carbocycles. The molecule has 28 heavy (non-hydrogen) atoms. The molecule has 3 aromatic rings. The van der Waals surface area contributed by atoms with Gasteiger partial charge in [0, 0.05) is 18.5 Å². The highest BCUT2D eigenvalue weighted by Crippen LogP contribution is 2.47. The number of rotatable bonds is 5. The molecule has 0 bridgehead atoms. The van der Waals surface area contributed by atoms with Crippen LogP contribution in [0.1, 0.15) is 15.9 Å². The number of carbonyl (C=O) groups excluding carboxylic acids is 1. The third-order valence-corrected chi connectivity index (χ3v) is 5.21. The number of halogens is 2. The number of hydrogen-bond acceptors (Lipinski definition) is 6. The van der Waals surface area contributed by atoms with Crippen molar-refractivity contribution >= 4 is 40.7 Å². The fourth-order valence-corrected chi connectivity index (χ4v) is 3.78. The molecule has 0 radical (unpaired) electrons. The highest BCUT2D eigenvalue weighted by atomic mass is 35.5. The summed E-state index contributed by atoms with van der Waals surface area (Å²) in [6.07, 6.45) is 0. The standard InChI is InChI=1S/C19H18ClN3O4.ClH/c1-22(8-9-24)6-7-23-11-3-2-10(20)14-15(11)18(21-23)16-12(25)4-5-13(26)17(16)19(14)27;/h2-5,24-26H,6-9H2,1H3;1H. The van der Waals surface area contributed by atoms with E-state index in [4.69, 9.17) is 16.7 Å². The van der Waals surface area contributed by atoms with Crippen molar-refractivity contribution in [1.29, 1.82) is 0 Å². The molecule has 2 aromatic carbocycles. The number of nitrogens with zero attached hydrogens (tertiary/aromatic N) is 3. The Morgan fingerprint density at radius 2 is 1.75 bits per heavy atom. The molecule has 148 valence electrons. The van der Waals surface area contributed by atoms with E-state index >= 15 is 0 Å². The van der Waals surface area contributed by atoms with Gasteiger partial charge in [-0.3, -0.25) is 9.48 Å². The van der Waals surface area contributed by atoms with Crippen LogP contribution < -0.4 is 0 Å². The third-order valence-electron chi connectivity index (χ3n) is 4.90. The minimum Gasteiger partial charge on any atom is -0.507 e. The van der Waals surface area contributed by atoms with Crippen LogP contribution in [0.3, 0.4) is 0 Å². The quantitative estimate of drug-likeness (QED) is 0.426. The predicted octanol–water partition coefficient (Wildman–Crippen LogP) is 2.66. The second-order valence-corrected chi connectivity index (χ2v) is 7.01. The van der Waals surface area contributed by atoms with Crippen molar-refractivity contribution < 1.29 is 20.1 Å². The lowest BCUT2D eigenvalue weighted by Gasteiger charge is -2.17. The molecular formula is C19H19Cl2N3O4. The number of aromatic nitrogens is 2. The molecule has 0 aliphatic heterocycles. The Morgan fingerprint density at radius 1 is 1.07 bits per heavy atom. The Kier molecular flexibility index (Phi) is 5.54. The summed E-state index contributed by atoms with van der Waals surface area (Å²) >= 11 is 6.30. The summed E-state index contributed by atoms with van der Waals surface area (Å²) in [7, 11) is 1.89. The molecule has 1 aromatic heterocycles. The fraction of sp³-hybridized carbons (Fsp3) is 0.263. The number of phenolic OH excluding ortho intramolecular Hbond substituents is 2. The van der Waals surface area contributed by atoms with Gasteiger partial charge in [0.15, 0.2) is 5.78 Å². The van der Waals surface area contributed by atoms with Crippen LogP contribution in [0.15, 0.2) is 24.3 Å². The van der Waals surface area contributed by atoms with E-state index in [9.17, 15) is 15.0 Å². The number of aliphatic hydroxyl groups is 1. The number of hydrogen-bond donors (Lipinski definition) is 3. The highest BCUT2D eigenvalue weighted by Gasteiger charge is 2.34. The van der Waals surface area contributed by atoms with Crippen LogP contribution in [0.5, 0.6) is 11.5 Å². The minimum atomic E-state index is -0.432. The zero-order valence-electron chi connectivity index (χ0n) is 15.0. The zero-order chi connectivity index (χ0) is 19.3. The largest absolute Gasteiger partial charge is 0.507 e. The molecule has 0 amide bonds. The smallest absolute Gasteiger partial charge is 0.199 e. The zero-order valence-corrected chi connectivity index (χ0v) is 16.6. The lowest BCUT2D eigenvalue weighted by atomic mass is 9.86. The molecule has 3 N–H and O–H groups in total. The van der Waals surface area contributed by atoms with Gasteiger partial charge < -0.3 is 20.2 Å². The normalized spacial score (nSPS) is 12.4. The van der Waals surface area contributed by atoms with Gasteiger partial charge in [-0.05, 0) is 31.3 Å². The number of benzene rings is 2. The number of fused-ring (bicyclic) bond motifs is 2. The Bertz CT molecular complexity index is 1080. The Labute approximate surface area is 172 Å². The second kappa shape index (κ2) is 7.60. The SMILES string of the molecule is CN(CCO)CCn1nc2c3c(c(Cl)ccc31)C(=O)c1c(O)ccc(O)c1-2.Cl. The molecular weight excluding hydrogens is 405 g/mol. The molecule has 9 heteroatoms. The first-order valence-corrected chi connectivity index (χ1v) is 8.90. The van der Waals surface area contributed by atoms with Crippen molar-refractivity contribution in [2.24, 2.45) is 0 Å². The maximum absolute atomic E-state index is 13.0. The van der Waals surface area contributed by atoms with Crippen molar-refractivity contribution in [3.63, 3.8) is 0 Å². The Balaban J connectivity index is 0.00000225. The maximum atomic E-state index is 13.0. The molecule has 7 nitrogen and oxygen atoms in total. The van der Waals surface area contributed by atoms with E-state index in [1.54, 1.807) is 16.8 Å². The maximum Gasteiger partial charge on any atom is 0.199 e. The lowest BCUT2D eigenvalue weighted by Crippen LogP contribution is -2.26. The molecule has 0 spiro atoms. The van der Waals surface area contributed by atoms with Crippen LogP contribution in [0.25, 0.3) is 22.2 Å². The van der Waals surface area contributed by atoms with Crippen molar-refractivity contribution in [3.8, 4) is 22.8 Å². The molecule has 0 fully saturated rings. The Morgan fingerprint density at radius 3 is 2.43 bits per heavy atom. The number of aromatic hydroxyl groups is 2. The first-order valence-electron chi connectivity index (χ1n) is 8.52. The van der Waals surface area contributed by atoms with Gasteiger partial charge in [-0.2, -0.15) is 5.10 Å². The average molecular weight is 424 g/mol. The summed E-state index contributed by atoms with van der Waals surface area (Å²) in [6.45, 7) is 1.77. The van der Waals surface area contributed by atoms with Gasteiger partial charge in [-0.25, -0.2) is 0 Å². The van der Waals surface area contributed by atoms with Gasteiger partial charge in [0.05, 0.1) is 40.4 Å². The van der Waals surface area contributed by atoms with Gasteiger partial charge >= 0.3 is 0 Å². The summed E-state index contributed by atoms with van der Waals surface area (Å²) in [5.41, 5.74) is 1.67. The van der Waals surface area contributed by atoms with Crippen molar-refractivity contribution in [2.75, 3.05) is 26.7 Å². The van der Waals surface area contributed by atoms with Gasteiger partial charge in [0.1, 0.15) is 17.2 Å². The summed E-state index contributed by atoms with van der Waals surface area (Å²) in [5, 5.41) is 35.1. The average Bonchev–Trinajstić information content (AvgIpc) is 3.00. The van der Waals surface area contributed by atoms with Crippen LogP contribution in [0.2, 0.25) is 5.02 Å². The molecule has 1 aliphatic carbocycles. The van der Waals surface area contributed by atoms with Gasteiger partial charge in [0.2, 0.25) is 0 Å². The van der Waals surface area contributed by atoms with Crippen LogP contribution in [-0.4, -0.2) is 62.5 Å². The lowest BCUT2D eigenvalue weighted by molar-refractivity contribution is 0.103. The highest BCUT2D eigenvalue weighted by molar-refractivity contribution is 6.39. The van der Waals surface area contributed by atoms with Crippen LogP contribution in [-0.2, 0) is 6.54 Å². The number of likely N-dealkylation sites (N-methyl/N-ethyl adjacent to an activating group) is 1. The van der Waals surface area contributed by atoms with E-state index in [1.165, 1.54) is 12.1 Å². The molecule has 0 unspecified atom stereocenters. The van der Waals surface area contributed by atoms with E-state index in [1.807, 2.05) is 11.9 Å². The van der Waals surface area contributed by atoms with E-state index < -0.39 is 5.78 Å². The number of ketones is 1. The van der Waals surface area contributed by atoms with Gasteiger partial charge in [0.25, 0.3) is 0 Å². The molecule has 0 atom stereocenters. The van der Waals surface area contributed by atoms with E-state index in [0.29, 0.717) is 30.7 Å². The summed E-state index contributed by atoms with van der Waals surface area (Å²) in [6, 6.07) is 6.06. The second-order valence-electron chi connectivity index (χ2n) is 6.60. The first-order chi connectivity index (χ1) is 12.9. The van der Waals surface area contributed by atoms with E-state index in [2.05, 4.69) is 5.10 Å². The summed E-state index contributed by atoms with van der Waals surface area (Å²) in [4.78, 5) is 15.0. The van der Waals surface area contributed by atoms with E-state index in [-0.39, 0.29) is 52.2 Å². The van der Waals surface area contributed by atoms with Gasteiger partial charge in [-0.1, -0.05) is 11.6 Å². The number of aliphatic hydroxyl groups excluding tert-OH is 1. The fourth-order valence-electron chi connectivity index (χ4n) is 3.54. The Hall–Kier alpha value is -2.32. The van der Waals surface area contributed by atoms with Crippen molar-refractivity contribution in [2.45, 2.75) is 6.54 Å². The predicted molar refractivity (Wildman–Crippen MR) is 109 cm³/mol. The molecule has 1 aliphatic rings. The van der Waals surface area contributed by atoms with Crippen LogP contribution >= 0.6 is 24.0 Å². The van der Waals surface area contributed by atoms with E-state index in [0.717, 1.165) is 5.52 Å². The number of carbonyl (C=O) groups is 1. The number of phenols is 2. The molecule has 1 heterocycles. The van der Waals surface area contributed by atoms with Crippen LogP contribution in [0.4, 0.5) is 0 Å². The summed E-state index contributed by atoms with van der Waals surface area (Å²) in [5.74, 6) is -0.770. The topological polar surface area (TPSA) is 98.8 Å². The molecule has 0 saturated heterocycles. The summed E-state index contributed by atoms with van der Waals surface area (Å²) < 4.78 is 1.75. The van der Waals surface area contributed by atoms with Crippen molar-refractivity contribution in [3.05, 3.63) is 40.4 Å². The first kappa shape index (κ1) is 20.4.